The molecule has 0 radical (unpaired) electrons. The summed E-state index contributed by atoms with van der Waals surface area (Å²) in [6.45, 7) is 5.00. The van der Waals surface area contributed by atoms with Gasteiger partial charge in [0.15, 0.2) is 0 Å². The van der Waals surface area contributed by atoms with E-state index in [0.29, 0.717) is 16.9 Å². The van der Waals surface area contributed by atoms with E-state index in [2.05, 4.69) is 5.10 Å². The number of benzene rings is 1. The number of aromatic nitrogens is 2. The van der Waals surface area contributed by atoms with Gasteiger partial charge in [-0.25, -0.2) is 4.68 Å². The highest BCUT2D eigenvalue weighted by molar-refractivity contribution is 7.80. The predicted molar refractivity (Wildman–Crippen MR) is 97.1 cm³/mol. The maximum absolute atomic E-state index is 12.4. The molecule has 1 aliphatic heterocycles. The van der Waals surface area contributed by atoms with Crippen molar-refractivity contribution in [2.24, 2.45) is 5.73 Å². The number of nitrogens with two attached hydrogens (primary N) is 1. The van der Waals surface area contributed by atoms with Gasteiger partial charge in [-0.3, -0.25) is 14.7 Å². The van der Waals surface area contributed by atoms with Gasteiger partial charge in [-0.1, -0.05) is 12.2 Å². The summed E-state index contributed by atoms with van der Waals surface area (Å²) in [4.78, 5) is 24.3. The van der Waals surface area contributed by atoms with Crippen molar-refractivity contribution in [1.82, 2.24) is 9.78 Å². The fraction of sp³-hybridized carbons (Fsp3) is 0.353. The molecule has 0 amide bonds. The zero-order valence-corrected chi connectivity index (χ0v) is 14.9. The number of aliphatic hydroxyl groups is 1. The van der Waals surface area contributed by atoms with E-state index >= 15 is 0 Å². The van der Waals surface area contributed by atoms with Crippen LogP contribution in [0.5, 0.6) is 5.75 Å². The predicted octanol–water partition coefficient (Wildman–Crippen LogP) is 0.682. The quantitative estimate of drug-likeness (QED) is 0.679. The molecule has 2 atom stereocenters. The number of rotatable bonds is 2. The topological polar surface area (TPSA) is 110 Å². The van der Waals surface area contributed by atoms with Gasteiger partial charge in [-0.15, -0.1) is 0 Å². The largest absolute Gasteiger partial charge is 0.484 e. The van der Waals surface area contributed by atoms with Crippen molar-refractivity contribution in [2.75, 3.05) is 0 Å². The zero-order chi connectivity index (χ0) is 18.6. The SMILES string of the molecule is CC1(C)Oc2ccc(C(N)=S)cc2C(n2[nH]c(=O)ccc2=O)C1(C)O. The fourth-order valence-corrected chi connectivity index (χ4v) is 3.17. The summed E-state index contributed by atoms with van der Waals surface area (Å²) in [6.07, 6.45) is 0. The lowest BCUT2D eigenvalue weighted by molar-refractivity contribution is -0.141. The number of hydrogen-bond donors (Lipinski definition) is 3. The molecule has 0 spiro atoms. The molecule has 25 heavy (non-hydrogen) atoms. The molecule has 3 rings (SSSR count). The fourth-order valence-electron chi connectivity index (χ4n) is 3.04. The van der Waals surface area contributed by atoms with Crippen LogP contribution in [0.4, 0.5) is 0 Å². The molecule has 1 aromatic heterocycles. The molecule has 1 aliphatic rings. The molecule has 0 saturated heterocycles. The Balaban J connectivity index is 2.36. The lowest BCUT2D eigenvalue weighted by Gasteiger charge is -2.49. The highest BCUT2D eigenvalue weighted by Gasteiger charge is 2.54. The summed E-state index contributed by atoms with van der Waals surface area (Å²) in [5.41, 5.74) is 3.35. The number of nitrogens with zero attached hydrogens (tertiary/aromatic N) is 1. The first-order chi connectivity index (χ1) is 11.5. The van der Waals surface area contributed by atoms with Crippen LogP contribution < -0.4 is 21.6 Å². The summed E-state index contributed by atoms with van der Waals surface area (Å²) in [6, 6.07) is 6.50. The molecule has 0 bridgehead atoms. The van der Waals surface area contributed by atoms with Crippen LogP contribution in [0.3, 0.4) is 0 Å². The normalized spacial score (nSPS) is 24.2. The van der Waals surface area contributed by atoms with E-state index in [-0.39, 0.29) is 4.99 Å². The lowest BCUT2D eigenvalue weighted by atomic mass is 9.75. The standard InChI is InChI=1S/C17H19N3O4S/c1-16(2)17(3,23)14(20-13(22)7-6-12(21)19-20)10-8-9(15(18)25)4-5-11(10)24-16/h4-8,14,23H,1-3H3,(H2,18,25)(H,19,21). The highest BCUT2D eigenvalue weighted by atomic mass is 32.1. The smallest absolute Gasteiger partial charge is 0.265 e. The molecule has 0 fully saturated rings. The van der Waals surface area contributed by atoms with Crippen LogP contribution in [-0.2, 0) is 0 Å². The summed E-state index contributed by atoms with van der Waals surface area (Å²) < 4.78 is 7.07. The molecular weight excluding hydrogens is 342 g/mol. The molecule has 8 heteroatoms. The Morgan fingerprint density at radius 1 is 1.28 bits per heavy atom. The van der Waals surface area contributed by atoms with Gasteiger partial charge in [0.25, 0.3) is 11.1 Å². The molecule has 132 valence electrons. The van der Waals surface area contributed by atoms with Crippen LogP contribution in [0.15, 0.2) is 39.9 Å². The number of aromatic amines is 1. The molecular formula is C17H19N3O4S. The molecule has 7 nitrogen and oxygen atoms in total. The summed E-state index contributed by atoms with van der Waals surface area (Å²) in [7, 11) is 0. The van der Waals surface area contributed by atoms with Gasteiger partial charge < -0.3 is 15.6 Å². The Hall–Kier alpha value is -2.45. The lowest BCUT2D eigenvalue weighted by Crippen LogP contribution is -2.61. The van der Waals surface area contributed by atoms with Crippen LogP contribution in [0.25, 0.3) is 0 Å². The molecule has 0 saturated carbocycles. The number of nitrogens with one attached hydrogen (secondary N) is 1. The van der Waals surface area contributed by atoms with Gasteiger partial charge in [0.1, 0.15) is 28.0 Å². The molecule has 0 aliphatic carbocycles. The maximum Gasteiger partial charge on any atom is 0.265 e. The maximum atomic E-state index is 12.4. The Morgan fingerprint density at radius 2 is 1.96 bits per heavy atom. The number of fused-ring (bicyclic) bond motifs is 1. The summed E-state index contributed by atoms with van der Waals surface area (Å²) >= 11 is 5.02. The molecule has 1 aromatic carbocycles. The average Bonchev–Trinajstić information content (AvgIpc) is 2.50. The third kappa shape index (κ3) is 2.67. The van der Waals surface area contributed by atoms with E-state index in [4.69, 9.17) is 22.7 Å². The minimum Gasteiger partial charge on any atom is -0.484 e. The summed E-state index contributed by atoms with van der Waals surface area (Å²) in [5, 5.41) is 13.7. The zero-order valence-electron chi connectivity index (χ0n) is 14.1. The Bertz CT molecular complexity index is 974. The third-order valence-corrected chi connectivity index (χ3v) is 5.04. The molecule has 2 heterocycles. The second-order valence-corrected chi connectivity index (χ2v) is 7.24. The van der Waals surface area contributed by atoms with Gasteiger partial charge in [-0.2, -0.15) is 0 Å². The first kappa shape index (κ1) is 17.4. The van der Waals surface area contributed by atoms with Crippen LogP contribution in [0.1, 0.15) is 37.9 Å². The van der Waals surface area contributed by atoms with Crippen LogP contribution in [0.2, 0.25) is 0 Å². The minimum atomic E-state index is -1.51. The van der Waals surface area contributed by atoms with Crippen LogP contribution in [0, 0.1) is 0 Å². The van der Waals surface area contributed by atoms with Gasteiger partial charge in [0.05, 0.1) is 0 Å². The van der Waals surface area contributed by atoms with Crippen molar-refractivity contribution in [2.45, 2.75) is 38.0 Å². The second kappa shape index (κ2) is 5.53. The first-order valence-corrected chi connectivity index (χ1v) is 8.12. The minimum absolute atomic E-state index is 0.180. The highest BCUT2D eigenvalue weighted by Crippen LogP contribution is 2.47. The van der Waals surface area contributed by atoms with Crippen LogP contribution >= 0.6 is 12.2 Å². The van der Waals surface area contributed by atoms with E-state index in [0.717, 1.165) is 16.8 Å². The molecule has 4 N–H and O–H groups in total. The van der Waals surface area contributed by atoms with Gasteiger partial charge in [0.2, 0.25) is 0 Å². The average molecular weight is 361 g/mol. The number of hydrogen-bond acceptors (Lipinski definition) is 5. The van der Waals surface area contributed by atoms with Crippen molar-refractivity contribution < 1.29 is 9.84 Å². The van der Waals surface area contributed by atoms with Crippen molar-refractivity contribution in [1.29, 1.82) is 0 Å². The van der Waals surface area contributed by atoms with E-state index in [1.54, 1.807) is 39.0 Å². The first-order valence-electron chi connectivity index (χ1n) is 7.71. The Labute approximate surface area is 149 Å². The number of H-pyrrole nitrogens is 1. The Morgan fingerprint density at radius 3 is 2.60 bits per heavy atom. The van der Waals surface area contributed by atoms with Crippen molar-refractivity contribution >= 4 is 17.2 Å². The van der Waals surface area contributed by atoms with Gasteiger partial charge in [0, 0.05) is 23.3 Å². The number of thiocarbonyl (C=S) groups is 1. The van der Waals surface area contributed by atoms with Crippen LogP contribution in [-0.4, -0.2) is 31.1 Å². The van der Waals surface area contributed by atoms with Crippen molar-refractivity contribution in [3.8, 4) is 5.75 Å². The third-order valence-electron chi connectivity index (χ3n) is 4.81. The monoisotopic (exact) mass is 361 g/mol. The summed E-state index contributed by atoms with van der Waals surface area (Å²) in [5.74, 6) is 0.484. The van der Waals surface area contributed by atoms with Crippen molar-refractivity contribution in [3.05, 3.63) is 62.2 Å². The second-order valence-electron chi connectivity index (χ2n) is 6.80. The van der Waals surface area contributed by atoms with Gasteiger partial charge >= 0.3 is 0 Å². The van der Waals surface area contributed by atoms with E-state index in [9.17, 15) is 14.7 Å². The Kier molecular flexibility index (Phi) is 3.85. The van der Waals surface area contributed by atoms with E-state index in [1.165, 1.54) is 0 Å². The molecule has 2 aromatic rings. The van der Waals surface area contributed by atoms with Gasteiger partial charge in [-0.05, 0) is 39.0 Å². The number of ether oxygens (including phenoxy) is 1. The molecule has 2 unspecified atom stereocenters. The van der Waals surface area contributed by atoms with E-state index < -0.39 is 28.4 Å². The van der Waals surface area contributed by atoms with Crippen molar-refractivity contribution in [3.63, 3.8) is 0 Å². The van der Waals surface area contributed by atoms with E-state index in [1.807, 2.05) is 0 Å².